The second-order valence-corrected chi connectivity index (χ2v) is 7.27. The van der Waals surface area contributed by atoms with Crippen molar-refractivity contribution in [3.63, 3.8) is 0 Å². The van der Waals surface area contributed by atoms with Gasteiger partial charge in [0, 0.05) is 23.6 Å². The molecule has 0 aliphatic heterocycles. The van der Waals surface area contributed by atoms with Gasteiger partial charge in [-0.15, -0.1) is 0 Å². The molecule has 0 bridgehead atoms. The fourth-order valence-electron chi connectivity index (χ4n) is 2.07. The van der Waals surface area contributed by atoms with E-state index in [0.717, 1.165) is 23.8 Å². The van der Waals surface area contributed by atoms with Crippen LogP contribution in [0.4, 0.5) is 11.6 Å². The van der Waals surface area contributed by atoms with Crippen LogP contribution in [-0.2, 0) is 5.41 Å². The Balaban J connectivity index is 3.37. The highest BCUT2D eigenvalue weighted by Crippen LogP contribution is 2.28. The lowest BCUT2D eigenvalue weighted by atomic mass is 9.95. The van der Waals surface area contributed by atoms with E-state index in [1.165, 1.54) is 0 Å². The first-order chi connectivity index (χ1) is 9.04. The van der Waals surface area contributed by atoms with Crippen LogP contribution in [0.25, 0.3) is 0 Å². The highest BCUT2D eigenvalue weighted by atomic mass is 15.2. The molecule has 1 heterocycles. The van der Waals surface area contributed by atoms with E-state index in [4.69, 9.17) is 10.7 Å². The van der Waals surface area contributed by atoms with Crippen LogP contribution in [0.2, 0.25) is 0 Å². The topological polar surface area (TPSA) is 55.0 Å². The van der Waals surface area contributed by atoms with E-state index in [2.05, 4.69) is 58.4 Å². The maximum atomic E-state index is 6.11. The van der Waals surface area contributed by atoms with Gasteiger partial charge in [-0.05, 0) is 26.7 Å². The van der Waals surface area contributed by atoms with E-state index in [1.54, 1.807) is 0 Å². The normalized spacial score (nSPS) is 12.3. The summed E-state index contributed by atoms with van der Waals surface area (Å²) < 4.78 is 0. The molecule has 0 amide bonds. The second-order valence-electron chi connectivity index (χ2n) is 7.27. The molecule has 2 N–H and O–H groups in total. The monoisotopic (exact) mass is 278 g/mol. The maximum absolute atomic E-state index is 6.11. The van der Waals surface area contributed by atoms with Gasteiger partial charge in [0.15, 0.2) is 0 Å². The summed E-state index contributed by atoms with van der Waals surface area (Å²) in [5.74, 6) is 2.96. The van der Waals surface area contributed by atoms with Crippen molar-refractivity contribution in [2.45, 2.75) is 66.8 Å². The number of hydrogen-bond acceptors (Lipinski definition) is 4. The van der Waals surface area contributed by atoms with Crippen LogP contribution in [0.15, 0.2) is 0 Å². The summed E-state index contributed by atoms with van der Waals surface area (Å²) in [6.07, 6.45) is 0. The zero-order valence-electron chi connectivity index (χ0n) is 14.3. The molecule has 4 heteroatoms. The van der Waals surface area contributed by atoms with E-state index >= 15 is 0 Å². The van der Waals surface area contributed by atoms with Gasteiger partial charge in [0.2, 0.25) is 0 Å². The molecular formula is C16H30N4. The van der Waals surface area contributed by atoms with E-state index < -0.39 is 0 Å². The summed E-state index contributed by atoms with van der Waals surface area (Å²) >= 11 is 0. The van der Waals surface area contributed by atoms with Gasteiger partial charge in [-0.2, -0.15) is 0 Å². The van der Waals surface area contributed by atoms with Crippen molar-refractivity contribution in [3.05, 3.63) is 11.4 Å². The number of hydrogen-bond donors (Lipinski definition) is 1. The first-order valence-corrected chi connectivity index (χ1v) is 7.45. The fraction of sp³-hybridized carbons (Fsp3) is 0.750. The molecule has 20 heavy (non-hydrogen) atoms. The molecule has 0 aliphatic rings. The fourth-order valence-corrected chi connectivity index (χ4v) is 2.07. The van der Waals surface area contributed by atoms with Gasteiger partial charge in [-0.3, -0.25) is 0 Å². The highest BCUT2D eigenvalue weighted by Gasteiger charge is 2.24. The third-order valence-electron chi connectivity index (χ3n) is 3.29. The number of rotatable bonds is 4. The zero-order valence-corrected chi connectivity index (χ0v) is 14.3. The molecule has 4 nitrogen and oxygen atoms in total. The van der Waals surface area contributed by atoms with Gasteiger partial charge in [0.05, 0.1) is 0 Å². The van der Waals surface area contributed by atoms with Crippen molar-refractivity contribution < 1.29 is 0 Å². The van der Waals surface area contributed by atoms with Gasteiger partial charge < -0.3 is 10.6 Å². The molecule has 0 fully saturated rings. The van der Waals surface area contributed by atoms with E-state index in [-0.39, 0.29) is 5.41 Å². The molecule has 0 atom stereocenters. The Labute approximate surface area is 123 Å². The minimum Gasteiger partial charge on any atom is -0.383 e. The molecule has 1 aromatic rings. The van der Waals surface area contributed by atoms with Crippen LogP contribution in [0.1, 0.15) is 59.9 Å². The van der Waals surface area contributed by atoms with Crippen LogP contribution >= 0.6 is 0 Å². The Hall–Kier alpha value is -1.32. The summed E-state index contributed by atoms with van der Waals surface area (Å²) in [6, 6.07) is 0.387. The smallest absolute Gasteiger partial charge is 0.138 e. The van der Waals surface area contributed by atoms with Gasteiger partial charge in [-0.25, -0.2) is 9.97 Å². The first kappa shape index (κ1) is 16.7. The van der Waals surface area contributed by atoms with Crippen molar-refractivity contribution in [2.75, 3.05) is 17.2 Å². The Morgan fingerprint density at radius 3 is 2.05 bits per heavy atom. The largest absolute Gasteiger partial charge is 0.383 e. The van der Waals surface area contributed by atoms with Crippen LogP contribution in [0, 0.1) is 12.8 Å². The minimum atomic E-state index is -0.100. The summed E-state index contributed by atoms with van der Waals surface area (Å²) in [7, 11) is 0. The summed E-state index contributed by atoms with van der Waals surface area (Å²) in [4.78, 5) is 11.6. The van der Waals surface area contributed by atoms with Crippen molar-refractivity contribution in [1.29, 1.82) is 0 Å². The number of nitrogens with zero attached hydrogens (tertiary/aromatic N) is 3. The molecule has 0 saturated carbocycles. The second kappa shape index (κ2) is 5.98. The van der Waals surface area contributed by atoms with Crippen LogP contribution in [0.3, 0.4) is 0 Å². The average molecular weight is 278 g/mol. The Morgan fingerprint density at radius 2 is 1.65 bits per heavy atom. The van der Waals surface area contributed by atoms with Gasteiger partial charge in [-0.1, -0.05) is 34.6 Å². The number of nitrogen functional groups attached to an aromatic ring is 1. The highest BCUT2D eigenvalue weighted by molar-refractivity contribution is 5.57. The lowest BCUT2D eigenvalue weighted by molar-refractivity contribution is 0.532. The molecule has 0 aliphatic carbocycles. The lowest BCUT2D eigenvalue weighted by Crippen LogP contribution is -2.36. The Bertz CT molecular complexity index is 458. The molecule has 0 radical (unpaired) electrons. The molecule has 1 rings (SSSR count). The van der Waals surface area contributed by atoms with Gasteiger partial charge in [0.25, 0.3) is 0 Å². The van der Waals surface area contributed by atoms with Gasteiger partial charge in [0.1, 0.15) is 17.5 Å². The maximum Gasteiger partial charge on any atom is 0.138 e. The Kier molecular flexibility index (Phi) is 5.00. The lowest BCUT2D eigenvalue weighted by Gasteiger charge is -2.32. The number of aromatic nitrogens is 2. The number of anilines is 2. The van der Waals surface area contributed by atoms with Crippen molar-refractivity contribution in [1.82, 2.24) is 9.97 Å². The standard InChI is InChI=1S/C16H30N4/c1-10(2)9-20(11(3)4)14-12(5)13(17)18-15(19-14)16(6,7)8/h10-11H,9H2,1-8H3,(H2,17,18,19). The summed E-state index contributed by atoms with van der Waals surface area (Å²) in [5, 5.41) is 0. The van der Waals surface area contributed by atoms with Crippen molar-refractivity contribution in [3.8, 4) is 0 Å². The Morgan fingerprint density at radius 1 is 1.10 bits per heavy atom. The predicted octanol–water partition coefficient (Wildman–Crippen LogP) is 3.54. The molecule has 0 saturated heterocycles. The van der Waals surface area contributed by atoms with Crippen LogP contribution in [0.5, 0.6) is 0 Å². The van der Waals surface area contributed by atoms with Crippen molar-refractivity contribution in [2.24, 2.45) is 5.92 Å². The molecular weight excluding hydrogens is 248 g/mol. The molecule has 114 valence electrons. The quantitative estimate of drug-likeness (QED) is 0.915. The predicted molar refractivity (Wildman–Crippen MR) is 87.2 cm³/mol. The summed E-state index contributed by atoms with van der Waals surface area (Å²) in [5.41, 5.74) is 6.99. The van der Waals surface area contributed by atoms with Gasteiger partial charge >= 0.3 is 0 Å². The average Bonchev–Trinajstić information content (AvgIpc) is 2.27. The van der Waals surface area contributed by atoms with E-state index in [0.29, 0.717) is 17.8 Å². The first-order valence-electron chi connectivity index (χ1n) is 7.45. The molecule has 0 unspecified atom stereocenters. The molecule has 0 aromatic carbocycles. The molecule has 1 aromatic heterocycles. The zero-order chi connectivity index (χ0) is 15.7. The van der Waals surface area contributed by atoms with Crippen LogP contribution in [-0.4, -0.2) is 22.6 Å². The number of nitrogens with two attached hydrogens (primary N) is 1. The SMILES string of the molecule is Cc1c(N)nc(C(C)(C)C)nc1N(CC(C)C)C(C)C. The van der Waals surface area contributed by atoms with Crippen molar-refractivity contribution >= 4 is 11.6 Å². The van der Waals surface area contributed by atoms with E-state index in [1.807, 2.05) is 6.92 Å². The minimum absolute atomic E-state index is 0.100. The van der Waals surface area contributed by atoms with Crippen LogP contribution < -0.4 is 10.6 Å². The third kappa shape index (κ3) is 3.84. The summed E-state index contributed by atoms with van der Waals surface area (Å²) in [6.45, 7) is 18.1. The third-order valence-corrected chi connectivity index (χ3v) is 3.29. The van der Waals surface area contributed by atoms with E-state index in [9.17, 15) is 0 Å². The molecule has 0 spiro atoms.